The van der Waals surface area contributed by atoms with Gasteiger partial charge in [-0.25, -0.2) is 0 Å². The molecule has 2 aromatic carbocycles. The topological polar surface area (TPSA) is 0 Å². The van der Waals surface area contributed by atoms with Crippen molar-refractivity contribution in [2.75, 3.05) is 6.01 Å². The van der Waals surface area contributed by atoms with Crippen LogP contribution < -0.4 is 0 Å². The van der Waals surface area contributed by atoms with E-state index in [0.29, 0.717) is 0 Å². The molecule has 120 valence electrons. The van der Waals surface area contributed by atoms with E-state index in [1.165, 1.54) is 11.1 Å². The van der Waals surface area contributed by atoms with Gasteiger partial charge in [-0.1, -0.05) is 30.3 Å². The minimum absolute atomic E-state index is 0.325. The van der Waals surface area contributed by atoms with Gasteiger partial charge in [-0.05, 0) is 37.6 Å². The summed E-state index contributed by atoms with van der Waals surface area (Å²) < 4.78 is 52.4. The van der Waals surface area contributed by atoms with E-state index in [4.69, 9.17) is 0 Å². The molecule has 0 fully saturated rings. The molecule has 2 aromatic rings. The number of alkyl halides is 1. The highest BCUT2D eigenvalue weighted by Gasteiger charge is 2.26. The van der Waals surface area contributed by atoms with E-state index in [-0.39, 0.29) is 6.01 Å². The van der Waals surface area contributed by atoms with Crippen LogP contribution in [-0.2, 0) is 10.9 Å². The second kappa shape index (κ2) is 8.22. The Bertz CT molecular complexity index is 580. The first-order valence-electron chi connectivity index (χ1n) is 6.49. The van der Waals surface area contributed by atoms with Crippen LogP contribution in [-0.4, -0.2) is 13.3 Å². The van der Waals surface area contributed by atoms with Gasteiger partial charge >= 0.3 is 7.25 Å². The second-order valence-corrected chi connectivity index (χ2v) is 6.49. The zero-order valence-electron chi connectivity index (χ0n) is 12.2. The van der Waals surface area contributed by atoms with E-state index in [2.05, 4.69) is 18.2 Å². The Morgan fingerprint density at radius 1 is 0.909 bits per heavy atom. The molecule has 0 N–H and O–H groups in total. The molecule has 0 amide bonds. The second-order valence-electron chi connectivity index (χ2n) is 4.58. The number of aryl methyl sites for hydroxylation is 2. The first-order chi connectivity index (χ1) is 10.2. The third-order valence-electron chi connectivity index (χ3n) is 2.75. The SMILES string of the molecule is Cc1ccc(C)c([S+](CF)c2ccccc2)c1.F[B-](F)(F)F. The molecule has 0 nitrogen and oxygen atoms in total. The number of halogens is 5. The Balaban J connectivity index is 0.000000422. The van der Waals surface area contributed by atoms with Crippen LogP contribution >= 0.6 is 0 Å². The highest BCUT2D eigenvalue weighted by atomic mass is 32.2. The number of hydrogen-bond acceptors (Lipinski definition) is 0. The summed E-state index contributed by atoms with van der Waals surface area (Å²) in [6, 6.07) is 15.8. The van der Waals surface area contributed by atoms with Crippen molar-refractivity contribution in [3.8, 4) is 0 Å². The first kappa shape index (κ1) is 18.6. The largest absolute Gasteiger partial charge is 0.673 e. The third-order valence-corrected chi connectivity index (χ3v) is 4.78. The molecule has 7 heteroatoms. The maximum atomic E-state index is 13.4. The van der Waals surface area contributed by atoms with Gasteiger partial charge in [-0.15, -0.1) is 0 Å². The summed E-state index contributed by atoms with van der Waals surface area (Å²) in [5, 5.41) is 0. The zero-order chi connectivity index (χ0) is 16.8. The molecule has 0 spiro atoms. The van der Waals surface area contributed by atoms with Gasteiger partial charge in [0.25, 0.3) is 6.01 Å². The summed E-state index contributed by atoms with van der Waals surface area (Å²) in [4.78, 5) is 2.20. The van der Waals surface area contributed by atoms with Crippen molar-refractivity contribution in [2.45, 2.75) is 23.6 Å². The fraction of sp³-hybridized carbons (Fsp3) is 0.200. The zero-order valence-corrected chi connectivity index (χ0v) is 13.0. The maximum absolute atomic E-state index is 13.4. The molecule has 0 aliphatic rings. The van der Waals surface area contributed by atoms with Gasteiger partial charge in [0.1, 0.15) is 0 Å². The molecule has 1 atom stereocenters. The van der Waals surface area contributed by atoms with Crippen LogP contribution in [0.1, 0.15) is 11.1 Å². The van der Waals surface area contributed by atoms with Crippen molar-refractivity contribution in [1.82, 2.24) is 0 Å². The Hall–Kier alpha value is -1.50. The Labute approximate surface area is 129 Å². The van der Waals surface area contributed by atoms with Crippen LogP contribution in [0.15, 0.2) is 58.3 Å². The molecule has 0 aliphatic heterocycles. The number of rotatable bonds is 3. The molecular weight excluding hydrogens is 318 g/mol. The van der Waals surface area contributed by atoms with Gasteiger partial charge in [-0.3, -0.25) is 0 Å². The predicted molar refractivity (Wildman–Crippen MR) is 82.4 cm³/mol. The van der Waals surface area contributed by atoms with Gasteiger partial charge in [0.2, 0.25) is 0 Å². The van der Waals surface area contributed by atoms with Crippen molar-refractivity contribution in [1.29, 1.82) is 0 Å². The molecule has 2 rings (SSSR count). The Morgan fingerprint density at radius 3 is 1.95 bits per heavy atom. The monoisotopic (exact) mass is 334 g/mol. The minimum atomic E-state index is -6.00. The molecule has 0 bridgehead atoms. The summed E-state index contributed by atoms with van der Waals surface area (Å²) >= 11 is 0. The highest BCUT2D eigenvalue weighted by molar-refractivity contribution is 7.96. The van der Waals surface area contributed by atoms with E-state index >= 15 is 0 Å². The number of benzene rings is 2. The Kier molecular flexibility index (Phi) is 6.93. The molecule has 0 saturated carbocycles. The average molecular weight is 334 g/mol. The lowest BCUT2D eigenvalue weighted by atomic mass is 10.2. The van der Waals surface area contributed by atoms with Gasteiger partial charge < -0.3 is 17.3 Å². The quantitative estimate of drug-likeness (QED) is 0.391. The molecule has 0 saturated heterocycles. The van der Waals surface area contributed by atoms with Gasteiger partial charge in [0.05, 0.1) is 10.9 Å². The van der Waals surface area contributed by atoms with E-state index in [0.717, 1.165) is 9.79 Å². The van der Waals surface area contributed by atoms with Gasteiger partial charge in [-0.2, -0.15) is 4.39 Å². The van der Waals surface area contributed by atoms with Crippen LogP contribution in [0, 0.1) is 13.8 Å². The fourth-order valence-corrected chi connectivity index (χ4v) is 3.57. The average Bonchev–Trinajstić information content (AvgIpc) is 2.43. The minimum Gasteiger partial charge on any atom is -0.418 e. The van der Waals surface area contributed by atoms with Crippen LogP contribution in [0.4, 0.5) is 21.7 Å². The van der Waals surface area contributed by atoms with Crippen molar-refractivity contribution in [3.05, 3.63) is 59.7 Å². The van der Waals surface area contributed by atoms with Crippen LogP contribution in [0.5, 0.6) is 0 Å². The fourth-order valence-electron chi connectivity index (χ4n) is 1.81. The van der Waals surface area contributed by atoms with E-state index in [9.17, 15) is 21.7 Å². The van der Waals surface area contributed by atoms with Crippen molar-refractivity contribution < 1.29 is 21.7 Å². The molecule has 0 aromatic heterocycles. The third kappa shape index (κ3) is 6.51. The van der Waals surface area contributed by atoms with Crippen LogP contribution in [0.2, 0.25) is 0 Å². The summed E-state index contributed by atoms with van der Waals surface area (Å²) in [6.07, 6.45) is 0. The first-order valence-corrected chi connectivity index (χ1v) is 7.88. The molecule has 0 aliphatic carbocycles. The molecule has 0 radical (unpaired) electrons. The van der Waals surface area contributed by atoms with Gasteiger partial charge in [0, 0.05) is 5.56 Å². The molecule has 1 unspecified atom stereocenters. The van der Waals surface area contributed by atoms with E-state index < -0.39 is 18.1 Å². The summed E-state index contributed by atoms with van der Waals surface area (Å²) in [5.41, 5.74) is 2.35. The van der Waals surface area contributed by atoms with Crippen molar-refractivity contribution in [3.63, 3.8) is 0 Å². The lowest BCUT2D eigenvalue weighted by Gasteiger charge is -2.07. The normalized spacial score (nSPS) is 12.3. The lowest BCUT2D eigenvalue weighted by molar-refractivity contribution is 0.368. The molecular formula is C15H16BF5S. The molecule has 0 heterocycles. The van der Waals surface area contributed by atoms with E-state index in [1.54, 1.807) is 0 Å². The predicted octanol–water partition coefficient (Wildman–Crippen LogP) is 5.57. The van der Waals surface area contributed by atoms with Crippen molar-refractivity contribution in [2.24, 2.45) is 0 Å². The van der Waals surface area contributed by atoms with Gasteiger partial charge in [0.15, 0.2) is 9.79 Å². The number of hydrogen-bond donors (Lipinski definition) is 0. The smallest absolute Gasteiger partial charge is 0.418 e. The van der Waals surface area contributed by atoms with Crippen molar-refractivity contribution >= 4 is 18.1 Å². The summed E-state index contributed by atoms with van der Waals surface area (Å²) in [5.74, 6) is 0. The Morgan fingerprint density at radius 2 is 1.45 bits per heavy atom. The van der Waals surface area contributed by atoms with E-state index in [1.807, 2.05) is 44.2 Å². The standard InChI is InChI=1S/C15H16FS.BF4/c1-12-8-9-13(2)15(10-12)17(11-16)14-6-4-3-5-7-14;2-1(3,4)5/h3-10H,11H2,1-2H3;/q+1;-1. The summed E-state index contributed by atoms with van der Waals surface area (Å²) in [6.45, 7) is 4.10. The van der Waals surface area contributed by atoms with Crippen LogP contribution in [0.3, 0.4) is 0 Å². The lowest BCUT2D eigenvalue weighted by Crippen LogP contribution is -2.07. The summed E-state index contributed by atoms with van der Waals surface area (Å²) in [7, 11) is -6.45. The van der Waals surface area contributed by atoms with Crippen LogP contribution in [0.25, 0.3) is 0 Å². The highest BCUT2D eigenvalue weighted by Crippen LogP contribution is 2.27. The molecule has 22 heavy (non-hydrogen) atoms. The maximum Gasteiger partial charge on any atom is 0.673 e.